The average Bonchev–Trinajstić information content (AvgIpc) is 2.88. The summed E-state index contributed by atoms with van der Waals surface area (Å²) in [5.74, 6) is -0.527. The van der Waals surface area contributed by atoms with Crippen LogP contribution < -0.4 is 9.47 Å². The number of hydrogen-bond donors (Lipinski definition) is 2. The number of rotatable bonds is 5. The summed E-state index contributed by atoms with van der Waals surface area (Å²) < 4.78 is 15.2. The van der Waals surface area contributed by atoms with Crippen LogP contribution in [-0.4, -0.2) is 28.3 Å². The van der Waals surface area contributed by atoms with Crippen molar-refractivity contribution in [3.05, 3.63) is 35.7 Å². The largest absolute Gasteiger partial charge is 0.493 e. The van der Waals surface area contributed by atoms with E-state index >= 15 is 0 Å². The number of nitrogens with zero attached hydrogens (tertiary/aromatic N) is 1. The van der Waals surface area contributed by atoms with E-state index in [1.54, 1.807) is 18.2 Å². The molecule has 19 heavy (non-hydrogen) atoms. The van der Waals surface area contributed by atoms with Gasteiger partial charge in [-0.05, 0) is 17.7 Å². The van der Waals surface area contributed by atoms with Gasteiger partial charge in [-0.2, -0.15) is 4.98 Å². The minimum atomic E-state index is -1.21. The molecule has 0 aliphatic carbocycles. The van der Waals surface area contributed by atoms with Gasteiger partial charge in [0.2, 0.25) is 0 Å². The van der Waals surface area contributed by atoms with Crippen molar-refractivity contribution in [3.63, 3.8) is 0 Å². The summed E-state index contributed by atoms with van der Waals surface area (Å²) in [6, 6.07) is 4.80. The number of carbonyl (C=O) groups is 1. The maximum atomic E-state index is 10.6. The lowest BCUT2D eigenvalue weighted by molar-refractivity contribution is 0.0690. The zero-order chi connectivity index (χ0) is 13.8. The van der Waals surface area contributed by atoms with Crippen molar-refractivity contribution in [2.24, 2.45) is 0 Å². The van der Waals surface area contributed by atoms with E-state index in [2.05, 4.69) is 4.98 Å². The molecule has 0 atom stereocenters. The second-order valence-corrected chi connectivity index (χ2v) is 3.55. The molecule has 0 saturated carbocycles. The van der Waals surface area contributed by atoms with Crippen LogP contribution in [0, 0.1) is 0 Å². The van der Waals surface area contributed by atoms with Crippen LogP contribution in [0.15, 0.2) is 28.9 Å². The van der Waals surface area contributed by atoms with Crippen molar-refractivity contribution >= 4 is 5.97 Å². The van der Waals surface area contributed by atoms with E-state index in [0.717, 1.165) is 6.26 Å². The lowest BCUT2D eigenvalue weighted by atomic mass is 10.2. The number of aromatic carboxylic acids is 1. The Morgan fingerprint density at radius 2 is 2.21 bits per heavy atom. The van der Waals surface area contributed by atoms with Crippen molar-refractivity contribution in [2.45, 2.75) is 6.61 Å². The zero-order valence-corrected chi connectivity index (χ0v) is 9.99. The van der Waals surface area contributed by atoms with Crippen LogP contribution in [0.1, 0.15) is 16.1 Å². The topological polar surface area (TPSA) is 102 Å². The number of aliphatic hydroxyl groups is 1. The molecule has 0 radical (unpaired) electrons. The van der Waals surface area contributed by atoms with Crippen LogP contribution in [0.25, 0.3) is 0 Å². The molecule has 0 spiro atoms. The molecule has 7 heteroatoms. The molecule has 0 bridgehead atoms. The van der Waals surface area contributed by atoms with E-state index in [1.807, 2.05) is 0 Å². The SMILES string of the molecule is COc1cc(CO)ccc1Oc1nc(C(=O)O)co1. The van der Waals surface area contributed by atoms with Gasteiger partial charge in [0.05, 0.1) is 13.7 Å². The van der Waals surface area contributed by atoms with Crippen LogP contribution in [0.2, 0.25) is 0 Å². The average molecular weight is 265 g/mol. The molecule has 7 nitrogen and oxygen atoms in total. The zero-order valence-electron chi connectivity index (χ0n) is 9.99. The van der Waals surface area contributed by atoms with Crippen molar-refractivity contribution in [1.29, 1.82) is 0 Å². The van der Waals surface area contributed by atoms with Gasteiger partial charge in [0.25, 0.3) is 0 Å². The van der Waals surface area contributed by atoms with Gasteiger partial charge in [-0.1, -0.05) is 6.07 Å². The maximum absolute atomic E-state index is 10.6. The molecule has 0 aliphatic rings. The number of oxazole rings is 1. The third-order valence-corrected chi connectivity index (χ3v) is 2.31. The Morgan fingerprint density at radius 1 is 1.42 bits per heavy atom. The predicted octanol–water partition coefficient (Wildman–Crippen LogP) is 1.67. The number of aromatic nitrogens is 1. The summed E-state index contributed by atoms with van der Waals surface area (Å²) in [5, 5.41) is 17.7. The Labute approximate surface area is 108 Å². The molecule has 0 amide bonds. The summed E-state index contributed by atoms with van der Waals surface area (Å²) in [4.78, 5) is 14.3. The van der Waals surface area contributed by atoms with Gasteiger partial charge in [-0.3, -0.25) is 0 Å². The van der Waals surface area contributed by atoms with Crippen LogP contribution in [-0.2, 0) is 6.61 Å². The van der Waals surface area contributed by atoms with Crippen LogP contribution in [0.3, 0.4) is 0 Å². The highest BCUT2D eigenvalue weighted by atomic mass is 16.6. The van der Waals surface area contributed by atoms with E-state index in [4.69, 9.17) is 24.1 Å². The van der Waals surface area contributed by atoms with E-state index < -0.39 is 5.97 Å². The molecule has 2 rings (SSSR count). The highest BCUT2D eigenvalue weighted by Crippen LogP contribution is 2.31. The maximum Gasteiger partial charge on any atom is 0.400 e. The molecule has 0 unspecified atom stereocenters. The first kappa shape index (κ1) is 12.9. The second kappa shape index (κ2) is 5.40. The van der Waals surface area contributed by atoms with E-state index in [-0.39, 0.29) is 18.4 Å². The molecule has 1 heterocycles. The monoisotopic (exact) mass is 265 g/mol. The highest BCUT2D eigenvalue weighted by Gasteiger charge is 2.14. The van der Waals surface area contributed by atoms with Crippen molar-refractivity contribution in [1.82, 2.24) is 4.98 Å². The Kier molecular flexibility index (Phi) is 3.67. The first-order valence-corrected chi connectivity index (χ1v) is 5.28. The molecule has 2 N–H and O–H groups in total. The molecule has 0 fully saturated rings. The molecule has 0 saturated heterocycles. The summed E-state index contributed by atoms with van der Waals surface area (Å²) in [7, 11) is 1.45. The first-order valence-electron chi connectivity index (χ1n) is 5.28. The normalized spacial score (nSPS) is 10.2. The summed E-state index contributed by atoms with van der Waals surface area (Å²) in [5.41, 5.74) is 0.406. The quantitative estimate of drug-likeness (QED) is 0.847. The molecular formula is C12H11NO6. The van der Waals surface area contributed by atoms with Crippen LogP contribution >= 0.6 is 0 Å². The van der Waals surface area contributed by atoms with Gasteiger partial charge < -0.3 is 24.1 Å². The van der Waals surface area contributed by atoms with Crippen molar-refractivity contribution in [3.8, 4) is 17.6 Å². The fourth-order valence-electron chi connectivity index (χ4n) is 1.39. The number of benzene rings is 1. The lowest BCUT2D eigenvalue weighted by Gasteiger charge is -2.08. The number of aliphatic hydroxyl groups excluding tert-OH is 1. The van der Waals surface area contributed by atoms with E-state index in [0.29, 0.717) is 17.1 Å². The highest BCUT2D eigenvalue weighted by molar-refractivity contribution is 5.84. The number of methoxy groups -OCH3 is 1. The minimum Gasteiger partial charge on any atom is -0.493 e. The molecule has 1 aromatic heterocycles. The third kappa shape index (κ3) is 2.83. The number of carboxylic acids is 1. The fraction of sp³-hybridized carbons (Fsp3) is 0.167. The molecule has 100 valence electrons. The van der Waals surface area contributed by atoms with E-state index in [1.165, 1.54) is 7.11 Å². The Morgan fingerprint density at radius 3 is 2.79 bits per heavy atom. The minimum absolute atomic E-state index is 0.126. The Balaban J connectivity index is 2.24. The van der Waals surface area contributed by atoms with Crippen LogP contribution in [0.4, 0.5) is 0 Å². The van der Waals surface area contributed by atoms with Gasteiger partial charge in [0, 0.05) is 0 Å². The smallest absolute Gasteiger partial charge is 0.400 e. The molecule has 2 aromatic rings. The number of hydrogen-bond acceptors (Lipinski definition) is 6. The summed E-state index contributed by atoms with van der Waals surface area (Å²) in [6.45, 7) is -0.126. The van der Waals surface area contributed by atoms with E-state index in [9.17, 15) is 4.79 Å². The number of ether oxygens (including phenoxy) is 2. The fourth-order valence-corrected chi connectivity index (χ4v) is 1.39. The Bertz CT molecular complexity index is 592. The lowest BCUT2D eigenvalue weighted by Crippen LogP contribution is -1.96. The Hall–Kier alpha value is -2.54. The van der Waals surface area contributed by atoms with Crippen LogP contribution in [0.5, 0.6) is 17.6 Å². The van der Waals surface area contributed by atoms with Gasteiger partial charge in [0.1, 0.15) is 6.26 Å². The summed E-state index contributed by atoms with van der Waals surface area (Å²) >= 11 is 0. The molecule has 1 aromatic carbocycles. The predicted molar refractivity (Wildman–Crippen MR) is 62.5 cm³/mol. The standard InChI is InChI=1S/C12H11NO6/c1-17-10-4-7(5-14)2-3-9(10)19-12-13-8(6-18-12)11(15)16/h2-4,6,14H,5H2,1H3,(H,15,16). The third-order valence-electron chi connectivity index (χ3n) is 2.31. The van der Waals surface area contributed by atoms with Gasteiger partial charge in [0.15, 0.2) is 17.2 Å². The second-order valence-electron chi connectivity index (χ2n) is 3.55. The number of carboxylic acid groups (broad SMARTS) is 1. The van der Waals surface area contributed by atoms with Gasteiger partial charge in [-0.25, -0.2) is 4.79 Å². The van der Waals surface area contributed by atoms with Crippen molar-refractivity contribution in [2.75, 3.05) is 7.11 Å². The van der Waals surface area contributed by atoms with Crippen molar-refractivity contribution < 1.29 is 28.9 Å². The molecular weight excluding hydrogens is 254 g/mol. The molecule has 0 aliphatic heterocycles. The van der Waals surface area contributed by atoms with Gasteiger partial charge >= 0.3 is 12.0 Å². The van der Waals surface area contributed by atoms with Gasteiger partial charge in [-0.15, -0.1) is 0 Å². The summed E-state index contributed by atoms with van der Waals surface area (Å²) in [6.07, 6.45) is 0.777. The first-order chi connectivity index (χ1) is 9.13.